The molecule has 1 N–H and O–H groups in total. The molecular weight excluding hydrogens is 286 g/mol. The molecule has 0 spiro atoms. The molecule has 0 unspecified atom stereocenters. The number of hydrogen-bond donors (Lipinski definition) is 1. The lowest BCUT2D eigenvalue weighted by Crippen LogP contribution is -2.38. The van der Waals surface area contributed by atoms with Crippen LogP contribution in [0.15, 0.2) is 67.3 Å². The molecule has 0 aliphatic heterocycles. The zero-order chi connectivity index (χ0) is 16.2. The van der Waals surface area contributed by atoms with E-state index in [4.69, 9.17) is 0 Å². The van der Waals surface area contributed by atoms with Crippen molar-refractivity contribution in [1.82, 2.24) is 4.57 Å². The number of imidazole rings is 1. The van der Waals surface area contributed by atoms with Crippen LogP contribution >= 0.6 is 0 Å². The number of carbonyl (C=O) groups excluding carboxylic acids is 1. The molecule has 0 saturated heterocycles. The van der Waals surface area contributed by atoms with Crippen LogP contribution in [0, 0.1) is 13.8 Å². The average Bonchev–Trinajstić information content (AvgIpc) is 3.00. The van der Waals surface area contributed by atoms with Gasteiger partial charge in [0.15, 0.2) is 6.54 Å². The second-order valence-corrected chi connectivity index (χ2v) is 5.64. The summed E-state index contributed by atoms with van der Waals surface area (Å²) in [6, 6.07) is 16.0. The third-order valence-electron chi connectivity index (χ3n) is 3.82. The van der Waals surface area contributed by atoms with Crippen molar-refractivity contribution in [2.24, 2.45) is 0 Å². The van der Waals surface area contributed by atoms with Crippen LogP contribution in [-0.2, 0) is 11.3 Å². The largest absolute Gasteiger partial charge is 0.322 e. The molecule has 0 aliphatic carbocycles. The average molecular weight is 306 g/mol. The molecule has 0 aliphatic rings. The first-order valence-electron chi connectivity index (χ1n) is 7.62. The molecule has 0 fully saturated rings. The number of nitrogens with one attached hydrogen (secondary N) is 1. The fourth-order valence-corrected chi connectivity index (χ4v) is 2.60. The van der Waals surface area contributed by atoms with Gasteiger partial charge in [0, 0.05) is 5.69 Å². The van der Waals surface area contributed by atoms with E-state index in [2.05, 4.69) is 5.32 Å². The molecule has 4 heteroatoms. The summed E-state index contributed by atoms with van der Waals surface area (Å²) in [5, 5.41) is 3.01. The molecule has 3 rings (SSSR count). The Balaban J connectivity index is 1.70. The molecule has 3 aromatic rings. The third-order valence-corrected chi connectivity index (χ3v) is 3.82. The highest BCUT2D eigenvalue weighted by Crippen LogP contribution is 2.19. The molecule has 1 aromatic heterocycles. The predicted octanol–water partition coefficient (Wildman–Crippen LogP) is 3.02. The van der Waals surface area contributed by atoms with Crippen LogP contribution in [0.1, 0.15) is 11.1 Å². The predicted molar refractivity (Wildman–Crippen MR) is 90.5 cm³/mol. The number of hydrogen-bond acceptors (Lipinski definition) is 1. The van der Waals surface area contributed by atoms with Gasteiger partial charge in [-0.15, -0.1) is 0 Å². The third kappa shape index (κ3) is 3.48. The molecule has 23 heavy (non-hydrogen) atoms. The molecule has 0 saturated carbocycles. The molecule has 2 aromatic carbocycles. The summed E-state index contributed by atoms with van der Waals surface area (Å²) >= 11 is 0. The highest BCUT2D eigenvalue weighted by atomic mass is 16.1. The van der Waals surface area contributed by atoms with Crippen LogP contribution in [-0.4, -0.2) is 10.5 Å². The number of benzene rings is 2. The first-order valence-corrected chi connectivity index (χ1v) is 7.62. The molecule has 1 amide bonds. The van der Waals surface area contributed by atoms with Crippen molar-refractivity contribution in [3.8, 4) is 5.69 Å². The number of carbonyl (C=O) groups is 1. The minimum absolute atomic E-state index is 0.0294. The van der Waals surface area contributed by atoms with Crippen LogP contribution in [0.25, 0.3) is 5.69 Å². The van der Waals surface area contributed by atoms with Gasteiger partial charge in [0.1, 0.15) is 18.1 Å². The zero-order valence-corrected chi connectivity index (χ0v) is 13.4. The molecule has 0 radical (unpaired) electrons. The van der Waals surface area contributed by atoms with E-state index in [1.54, 1.807) is 0 Å². The maximum Gasteiger partial charge on any atom is 0.266 e. The number of rotatable bonds is 4. The maximum atomic E-state index is 12.3. The first kappa shape index (κ1) is 15.0. The lowest BCUT2D eigenvalue weighted by molar-refractivity contribution is -0.683. The second-order valence-electron chi connectivity index (χ2n) is 5.64. The van der Waals surface area contributed by atoms with Crippen molar-refractivity contribution in [3.63, 3.8) is 0 Å². The van der Waals surface area contributed by atoms with Gasteiger partial charge in [-0.2, -0.15) is 0 Å². The Morgan fingerprint density at radius 3 is 2.43 bits per heavy atom. The topological polar surface area (TPSA) is 37.9 Å². The van der Waals surface area contributed by atoms with Crippen LogP contribution in [0.3, 0.4) is 0 Å². The van der Waals surface area contributed by atoms with E-state index in [-0.39, 0.29) is 12.5 Å². The van der Waals surface area contributed by atoms with E-state index < -0.39 is 0 Å². The van der Waals surface area contributed by atoms with Gasteiger partial charge < -0.3 is 5.32 Å². The fourth-order valence-electron chi connectivity index (χ4n) is 2.60. The van der Waals surface area contributed by atoms with Gasteiger partial charge in [0.2, 0.25) is 6.33 Å². The van der Waals surface area contributed by atoms with Gasteiger partial charge in [-0.3, -0.25) is 4.79 Å². The summed E-state index contributed by atoms with van der Waals surface area (Å²) in [7, 11) is 0. The summed E-state index contributed by atoms with van der Waals surface area (Å²) in [6.07, 6.45) is 5.76. The van der Waals surface area contributed by atoms with Gasteiger partial charge in [0.25, 0.3) is 5.91 Å². The molecule has 4 nitrogen and oxygen atoms in total. The number of para-hydroxylation sites is 2. The Morgan fingerprint density at radius 2 is 1.74 bits per heavy atom. The summed E-state index contributed by atoms with van der Waals surface area (Å²) in [5.74, 6) is -0.0294. The van der Waals surface area contributed by atoms with Gasteiger partial charge in [-0.25, -0.2) is 9.13 Å². The number of aryl methyl sites for hydroxylation is 2. The van der Waals surface area contributed by atoms with Crippen molar-refractivity contribution in [3.05, 3.63) is 78.4 Å². The van der Waals surface area contributed by atoms with Crippen molar-refractivity contribution in [1.29, 1.82) is 0 Å². The number of anilines is 1. The molecule has 1 heterocycles. The van der Waals surface area contributed by atoms with E-state index in [0.29, 0.717) is 0 Å². The van der Waals surface area contributed by atoms with Gasteiger partial charge in [-0.05, 0) is 37.1 Å². The van der Waals surface area contributed by atoms with E-state index in [0.717, 1.165) is 22.5 Å². The van der Waals surface area contributed by atoms with Crippen LogP contribution < -0.4 is 9.88 Å². The Morgan fingerprint density at radius 1 is 1.04 bits per heavy atom. The van der Waals surface area contributed by atoms with Crippen molar-refractivity contribution in [2.45, 2.75) is 20.4 Å². The first-order chi connectivity index (χ1) is 11.1. The SMILES string of the molecule is Cc1cccc(C)c1NC(=O)C[n+]1ccn(-c2ccccc2)c1. The maximum absolute atomic E-state index is 12.3. The number of aromatic nitrogens is 2. The normalized spacial score (nSPS) is 10.5. The Hall–Kier alpha value is -2.88. The van der Waals surface area contributed by atoms with Gasteiger partial charge in [0.05, 0.1) is 0 Å². The van der Waals surface area contributed by atoms with Crippen LogP contribution in [0.4, 0.5) is 5.69 Å². The van der Waals surface area contributed by atoms with Crippen LogP contribution in [0.2, 0.25) is 0 Å². The standard InChI is InChI=1S/C19H19N3O/c1-15-7-6-8-16(2)19(15)20-18(23)13-21-11-12-22(14-21)17-9-4-3-5-10-17/h3-12,14H,13H2,1-2H3/p+1. The molecule has 0 atom stereocenters. The Bertz CT molecular complexity index is 801. The summed E-state index contributed by atoms with van der Waals surface area (Å²) < 4.78 is 3.86. The summed E-state index contributed by atoms with van der Waals surface area (Å²) in [6.45, 7) is 4.29. The van der Waals surface area contributed by atoms with Crippen molar-refractivity contribution in [2.75, 3.05) is 5.32 Å². The molecule has 0 bridgehead atoms. The van der Waals surface area contributed by atoms with E-state index >= 15 is 0 Å². The summed E-state index contributed by atoms with van der Waals surface area (Å²) in [5.41, 5.74) is 4.12. The van der Waals surface area contributed by atoms with Crippen LogP contribution in [0.5, 0.6) is 0 Å². The number of nitrogens with zero attached hydrogens (tertiary/aromatic N) is 2. The Labute approximate surface area is 136 Å². The van der Waals surface area contributed by atoms with Crippen molar-refractivity contribution < 1.29 is 9.36 Å². The highest BCUT2D eigenvalue weighted by Gasteiger charge is 2.12. The monoisotopic (exact) mass is 306 g/mol. The zero-order valence-electron chi connectivity index (χ0n) is 13.4. The van der Waals surface area contributed by atoms with Crippen molar-refractivity contribution >= 4 is 11.6 Å². The van der Waals surface area contributed by atoms with E-state index in [1.807, 2.05) is 90.2 Å². The molecular formula is C19H20N3O+. The van der Waals surface area contributed by atoms with E-state index in [1.165, 1.54) is 0 Å². The highest BCUT2D eigenvalue weighted by molar-refractivity contribution is 5.91. The number of amides is 1. The van der Waals surface area contributed by atoms with Gasteiger partial charge in [-0.1, -0.05) is 36.4 Å². The lowest BCUT2D eigenvalue weighted by Gasteiger charge is -2.10. The van der Waals surface area contributed by atoms with Gasteiger partial charge >= 0.3 is 0 Å². The minimum Gasteiger partial charge on any atom is -0.322 e. The van der Waals surface area contributed by atoms with E-state index in [9.17, 15) is 4.79 Å². The fraction of sp³-hybridized carbons (Fsp3) is 0.158. The summed E-state index contributed by atoms with van der Waals surface area (Å²) in [4.78, 5) is 12.3. The lowest BCUT2D eigenvalue weighted by atomic mass is 10.1. The quantitative estimate of drug-likeness (QED) is 0.739. The smallest absolute Gasteiger partial charge is 0.266 e. The molecule has 116 valence electrons. The minimum atomic E-state index is -0.0294. The Kier molecular flexibility index (Phi) is 4.24. The second kappa shape index (κ2) is 6.48.